The number of halogens is 1. The number of nitro benzene ring substituents is 1. The lowest BCUT2D eigenvalue weighted by Crippen LogP contribution is -2.37. The maximum atomic E-state index is 12.4. The van der Waals surface area contributed by atoms with Crippen molar-refractivity contribution in [3.63, 3.8) is 0 Å². The maximum absolute atomic E-state index is 12.4. The minimum absolute atomic E-state index is 0.0774. The molecule has 1 rings (SSSR count). The van der Waals surface area contributed by atoms with Gasteiger partial charge < -0.3 is 0 Å². The van der Waals surface area contributed by atoms with E-state index in [2.05, 4.69) is 4.72 Å². The Hall–Kier alpha value is -1.18. The molecule has 1 N–H and O–H groups in total. The van der Waals surface area contributed by atoms with Crippen molar-refractivity contribution >= 4 is 27.3 Å². The van der Waals surface area contributed by atoms with E-state index in [4.69, 9.17) is 11.6 Å². The minimum atomic E-state index is -3.83. The van der Waals surface area contributed by atoms with E-state index in [9.17, 15) is 18.5 Å². The van der Waals surface area contributed by atoms with E-state index < -0.39 is 20.6 Å². The smallest absolute Gasteiger partial charge is 0.258 e. The summed E-state index contributed by atoms with van der Waals surface area (Å²) in [6.45, 7) is 7.22. The third-order valence-electron chi connectivity index (χ3n) is 3.57. The Kier molecular flexibility index (Phi) is 5.72. The number of nitro groups is 1. The largest absolute Gasteiger partial charge is 0.289 e. The van der Waals surface area contributed by atoms with E-state index in [0.29, 0.717) is 5.56 Å². The number of rotatable bonds is 6. The van der Waals surface area contributed by atoms with Crippen molar-refractivity contribution in [3.8, 4) is 0 Å². The molecule has 0 radical (unpaired) electrons. The highest BCUT2D eigenvalue weighted by Gasteiger charge is 2.26. The fourth-order valence-electron chi connectivity index (χ4n) is 1.85. The highest BCUT2D eigenvalue weighted by Crippen LogP contribution is 2.30. The lowest BCUT2D eigenvalue weighted by molar-refractivity contribution is -0.384. The molecule has 0 aliphatic heterocycles. The molecule has 0 aliphatic rings. The second-order valence-corrected chi connectivity index (χ2v) is 7.21. The Bertz CT molecular complexity index is 646. The highest BCUT2D eigenvalue weighted by atomic mass is 35.5. The average Bonchev–Trinajstić information content (AvgIpc) is 2.36. The summed E-state index contributed by atoms with van der Waals surface area (Å²) in [7, 11) is -3.83. The van der Waals surface area contributed by atoms with Crippen LogP contribution in [0.25, 0.3) is 0 Å². The van der Waals surface area contributed by atoms with Crippen LogP contribution in [0.2, 0.25) is 5.02 Å². The number of nitrogens with zero attached hydrogens (tertiary/aromatic N) is 1. The van der Waals surface area contributed by atoms with Crippen molar-refractivity contribution in [2.75, 3.05) is 0 Å². The maximum Gasteiger partial charge on any atom is 0.289 e. The van der Waals surface area contributed by atoms with Crippen LogP contribution in [0, 0.1) is 23.0 Å². The predicted octanol–water partition coefficient (Wildman–Crippen LogP) is 3.27. The van der Waals surface area contributed by atoms with Crippen LogP contribution in [0.4, 0.5) is 5.69 Å². The molecule has 1 aromatic carbocycles. The molecular formula is C13H19ClN2O4S. The summed E-state index contributed by atoms with van der Waals surface area (Å²) in [6, 6.07) is 2.03. The molecule has 0 saturated heterocycles. The summed E-state index contributed by atoms with van der Waals surface area (Å²) >= 11 is 5.77. The van der Waals surface area contributed by atoms with Crippen LogP contribution in [0.1, 0.15) is 32.8 Å². The summed E-state index contributed by atoms with van der Waals surface area (Å²) < 4.78 is 27.3. The molecule has 2 unspecified atom stereocenters. The van der Waals surface area contributed by atoms with Crippen molar-refractivity contribution in [2.45, 2.75) is 45.1 Å². The first-order chi connectivity index (χ1) is 9.60. The summed E-state index contributed by atoms with van der Waals surface area (Å²) in [6.07, 6.45) is 0.823. The summed E-state index contributed by atoms with van der Waals surface area (Å²) in [5.74, 6) is 0.155. The topological polar surface area (TPSA) is 89.3 Å². The monoisotopic (exact) mass is 334 g/mol. The van der Waals surface area contributed by atoms with Crippen molar-refractivity contribution < 1.29 is 13.3 Å². The summed E-state index contributed by atoms with van der Waals surface area (Å²) in [4.78, 5) is 10.1. The van der Waals surface area contributed by atoms with Gasteiger partial charge in [0.1, 0.15) is 5.02 Å². The van der Waals surface area contributed by atoms with Gasteiger partial charge in [0.15, 0.2) is 0 Å². The first-order valence-corrected chi connectivity index (χ1v) is 8.43. The molecule has 0 amide bonds. The first-order valence-electron chi connectivity index (χ1n) is 6.57. The van der Waals surface area contributed by atoms with Gasteiger partial charge in [0.05, 0.1) is 9.82 Å². The lowest BCUT2D eigenvalue weighted by Gasteiger charge is -2.20. The Morgan fingerprint density at radius 2 is 1.95 bits per heavy atom. The standard InChI is InChI=1S/C13H19ClN2O4S/c1-5-8(2)10(4)15-21(19,20)13-7-12(16(17)18)11(14)6-9(13)3/h6-8,10,15H,5H2,1-4H3. The first kappa shape index (κ1) is 17.9. The zero-order valence-electron chi connectivity index (χ0n) is 12.4. The molecule has 0 fully saturated rings. The van der Waals surface area contributed by atoms with Crippen LogP contribution in [-0.4, -0.2) is 19.4 Å². The van der Waals surface area contributed by atoms with Gasteiger partial charge in [-0.2, -0.15) is 0 Å². The molecule has 0 aliphatic carbocycles. The quantitative estimate of drug-likeness (QED) is 0.638. The number of hydrogen-bond donors (Lipinski definition) is 1. The number of hydrogen-bond acceptors (Lipinski definition) is 4. The molecule has 0 spiro atoms. The molecule has 1 aromatic rings. The van der Waals surface area contributed by atoms with Gasteiger partial charge in [-0.25, -0.2) is 13.1 Å². The second kappa shape index (κ2) is 6.72. The van der Waals surface area contributed by atoms with Crippen LogP contribution in [-0.2, 0) is 10.0 Å². The Balaban J connectivity index is 3.26. The molecule has 0 bridgehead atoms. The SMILES string of the molecule is CCC(C)C(C)NS(=O)(=O)c1cc([N+](=O)[O-])c(Cl)cc1C. The molecule has 2 atom stereocenters. The molecule has 0 heterocycles. The molecule has 6 nitrogen and oxygen atoms in total. The van der Waals surface area contributed by atoms with Gasteiger partial charge in [0.25, 0.3) is 5.69 Å². The van der Waals surface area contributed by atoms with Gasteiger partial charge in [-0.1, -0.05) is 31.9 Å². The van der Waals surface area contributed by atoms with Crippen LogP contribution >= 0.6 is 11.6 Å². The van der Waals surface area contributed by atoms with E-state index in [1.54, 1.807) is 13.8 Å². The number of nitrogens with one attached hydrogen (secondary N) is 1. The van der Waals surface area contributed by atoms with Gasteiger partial charge in [0, 0.05) is 12.1 Å². The predicted molar refractivity (Wildman–Crippen MR) is 82.1 cm³/mol. The summed E-state index contributed by atoms with van der Waals surface area (Å²) in [5.41, 5.74) is -0.0479. The van der Waals surface area contributed by atoms with Crippen LogP contribution < -0.4 is 4.72 Å². The number of benzene rings is 1. The molecular weight excluding hydrogens is 316 g/mol. The van der Waals surface area contributed by atoms with E-state index in [1.165, 1.54) is 6.07 Å². The van der Waals surface area contributed by atoms with Crippen molar-refractivity contribution in [1.82, 2.24) is 4.72 Å². The average molecular weight is 335 g/mol. The minimum Gasteiger partial charge on any atom is -0.258 e. The van der Waals surface area contributed by atoms with Crippen molar-refractivity contribution in [3.05, 3.63) is 32.8 Å². The molecule has 21 heavy (non-hydrogen) atoms. The molecule has 0 saturated carbocycles. The Morgan fingerprint density at radius 3 is 2.43 bits per heavy atom. The molecule has 8 heteroatoms. The van der Waals surface area contributed by atoms with Crippen LogP contribution in [0.5, 0.6) is 0 Å². The fraction of sp³-hybridized carbons (Fsp3) is 0.538. The third kappa shape index (κ3) is 4.15. The van der Waals surface area contributed by atoms with Crippen molar-refractivity contribution in [1.29, 1.82) is 0 Å². The highest BCUT2D eigenvalue weighted by molar-refractivity contribution is 7.89. The Morgan fingerprint density at radius 1 is 1.38 bits per heavy atom. The van der Waals surface area contributed by atoms with Gasteiger partial charge in [-0.15, -0.1) is 0 Å². The van der Waals surface area contributed by atoms with E-state index >= 15 is 0 Å². The zero-order chi connectivity index (χ0) is 16.4. The molecule has 118 valence electrons. The normalized spacial score (nSPS) is 14.7. The Labute approximate surface area is 129 Å². The third-order valence-corrected chi connectivity index (χ3v) is 5.57. The number of sulfonamides is 1. The van der Waals surface area contributed by atoms with E-state index in [1.807, 2.05) is 13.8 Å². The second-order valence-electron chi connectivity index (χ2n) is 5.12. The van der Waals surface area contributed by atoms with Gasteiger partial charge in [-0.05, 0) is 31.4 Å². The van der Waals surface area contributed by atoms with E-state index in [-0.39, 0.29) is 21.9 Å². The zero-order valence-corrected chi connectivity index (χ0v) is 14.0. The van der Waals surface area contributed by atoms with E-state index in [0.717, 1.165) is 12.5 Å². The van der Waals surface area contributed by atoms with Gasteiger partial charge in [0.2, 0.25) is 10.0 Å². The lowest BCUT2D eigenvalue weighted by atomic mass is 10.0. The fourth-order valence-corrected chi connectivity index (χ4v) is 3.73. The van der Waals surface area contributed by atoms with Gasteiger partial charge in [-0.3, -0.25) is 10.1 Å². The number of aryl methyl sites for hydroxylation is 1. The van der Waals surface area contributed by atoms with Crippen molar-refractivity contribution in [2.24, 2.45) is 5.92 Å². The van der Waals surface area contributed by atoms with Gasteiger partial charge >= 0.3 is 0 Å². The molecule has 0 aromatic heterocycles. The van der Waals surface area contributed by atoms with Crippen LogP contribution in [0.3, 0.4) is 0 Å². The summed E-state index contributed by atoms with van der Waals surface area (Å²) in [5, 5.41) is 10.8. The van der Waals surface area contributed by atoms with Crippen LogP contribution in [0.15, 0.2) is 17.0 Å².